The SMILES string of the molecule is CC1(C)OB(c2ccc(C3OC(CO)C(O)C(O)C3O)cc2)OC1(C)C. The van der Waals surface area contributed by atoms with Crippen molar-refractivity contribution in [2.24, 2.45) is 0 Å². The molecule has 5 atom stereocenters. The highest BCUT2D eigenvalue weighted by atomic mass is 16.7. The van der Waals surface area contributed by atoms with Crippen molar-refractivity contribution in [2.45, 2.75) is 69.4 Å². The molecule has 0 bridgehead atoms. The lowest BCUT2D eigenvalue weighted by Crippen LogP contribution is -2.55. The molecule has 144 valence electrons. The molecule has 4 N–H and O–H groups in total. The van der Waals surface area contributed by atoms with Crippen LogP contribution in [0.1, 0.15) is 39.4 Å². The van der Waals surface area contributed by atoms with Crippen molar-refractivity contribution < 1.29 is 34.5 Å². The Balaban J connectivity index is 1.78. The highest BCUT2D eigenvalue weighted by Crippen LogP contribution is 2.37. The smallest absolute Gasteiger partial charge is 0.399 e. The fraction of sp³-hybridized carbons (Fsp3) is 0.667. The third-order valence-electron chi connectivity index (χ3n) is 5.68. The second-order valence-electron chi connectivity index (χ2n) is 8.00. The maximum Gasteiger partial charge on any atom is 0.494 e. The molecule has 7 nitrogen and oxygen atoms in total. The number of hydrogen-bond donors (Lipinski definition) is 4. The summed E-state index contributed by atoms with van der Waals surface area (Å²) in [6.45, 7) is 7.47. The maximum absolute atomic E-state index is 10.2. The minimum absolute atomic E-state index is 0.437. The van der Waals surface area contributed by atoms with E-state index in [4.69, 9.17) is 14.0 Å². The molecule has 0 aliphatic carbocycles. The van der Waals surface area contributed by atoms with E-state index in [0.29, 0.717) is 5.56 Å². The van der Waals surface area contributed by atoms with Crippen LogP contribution in [0.15, 0.2) is 24.3 Å². The van der Waals surface area contributed by atoms with Gasteiger partial charge in [-0.1, -0.05) is 24.3 Å². The van der Waals surface area contributed by atoms with Crippen molar-refractivity contribution >= 4 is 12.6 Å². The van der Waals surface area contributed by atoms with Crippen molar-refractivity contribution in [2.75, 3.05) is 6.61 Å². The van der Waals surface area contributed by atoms with E-state index in [9.17, 15) is 20.4 Å². The zero-order valence-electron chi connectivity index (χ0n) is 15.5. The number of aliphatic hydroxyl groups excluding tert-OH is 4. The second-order valence-corrected chi connectivity index (χ2v) is 8.00. The minimum atomic E-state index is -1.39. The van der Waals surface area contributed by atoms with E-state index in [1.807, 2.05) is 39.8 Å². The van der Waals surface area contributed by atoms with Gasteiger partial charge >= 0.3 is 7.12 Å². The van der Waals surface area contributed by atoms with E-state index in [0.717, 1.165) is 5.46 Å². The highest BCUT2D eigenvalue weighted by Gasteiger charge is 2.51. The largest absolute Gasteiger partial charge is 0.494 e. The Hall–Kier alpha value is -0.995. The molecular formula is C18H27BO7. The predicted octanol–water partition coefficient (Wildman–Crippen LogP) is -0.499. The van der Waals surface area contributed by atoms with Gasteiger partial charge in [-0.3, -0.25) is 0 Å². The maximum atomic E-state index is 10.2. The normalized spacial score (nSPS) is 36.3. The summed E-state index contributed by atoms with van der Waals surface area (Å²) in [5.41, 5.74) is 0.584. The van der Waals surface area contributed by atoms with Crippen LogP contribution in [-0.2, 0) is 14.0 Å². The molecule has 0 saturated carbocycles. The molecule has 3 rings (SSSR count). The van der Waals surface area contributed by atoms with Gasteiger partial charge in [-0.2, -0.15) is 0 Å². The Labute approximate surface area is 153 Å². The molecule has 2 saturated heterocycles. The highest BCUT2D eigenvalue weighted by molar-refractivity contribution is 6.62. The number of benzene rings is 1. The molecule has 0 aromatic heterocycles. The molecular weight excluding hydrogens is 339 g/mol. The van der Waals surface area contributed by atoms with Crippen molar-refractivity contribution in [3.05, 3.63) is 29.8 Å². The average molecular weight is 366 g/mol. The Morgan fingerprint density at radius 3 is 1.92 bits per heavy atom. The van der Waals surface area contributed by atoms with Gasteiger partial charge in [-0.15, -0.1) is 0 Å². The van der Waals surface area contributed by atoms with Gasteiger partial charge in [0.1, 0.15) is 30.5 Å². The molecule has 5 unspecified atom stereocenters. The molecule has 0 spiro atoms. The second kappa shape index (κ2) is 6.87. The first kappa shape index (κ1) is 19.8. The van der Waals surface area contributed by atoms with Crippen molar-refractivity contribution in [1.82, 2.24) is 0 Å². The van der Waals surface area contributed by atoms with Gasteiger partial charge in [0.2, 0.25) is 0 Å². The third-order valence-corrected chi connectivity index (χ3v) is 5.68. The van der Waals surface area contributed by atoms with Crippen molar-refractivity contribution in [3.63, 3.8) is 0 Å². The molecule has 0 radical (unpaired) electrons. The fourth-order valence-electron chi connectivity index (χ4n) is 3.20. The van der Waals surface area contributed by atoms with Gasteiger partial charge in [0.25, 0.3) is 0 Å². The zero-order chi connectivity index (χ0) is 19.3. The average Bonchev–Trinajstić information content (AvgIpc) is 2.81. The van der Waals surface area contributed by atoms with Gasteiger partial charge in [-0.25, -0.2) is 0 Å². The third kappa shape index (κ3) is 3.31. The van der Waals surface area contributed by atoms with Crippen LogP contribution in [0.5, 0.6) is 0 Å². The summed E-state index contributed by atoms with van der Waals surface area (Å²) in [7, 11) is -0.496. The molecule has 2 heterocycles. The molecule has 1 aromatic rings. The monoisotopic (exact) mass is 366 g/mol. The van der Waals surface area contributed by atoms with Crippen LogP contribution in [0.4, 0.5) is 0 Å². The van der Waals surface area contributed by atoms with E-state index < -0.39 is 55.4 Å². The standard InChI is InChI=1S/C18H27BO7/c1-17(2)18(3,4)26-19(25-17)11-7-5-10(6-8-11)16-15(23)14(22)13(21)12(9-20)24-16/h5-8,12-16,20-23H,9H2,1-4H3. The predicted molar refractivity (Wildman–Crippen MR) is 94.9 cm³/mol. The first-order valence-electron chi connectivity index (χ1n) is 8.83. The van der Waals surface area contributed by atoms with Crippen LogP contribution >= 0.6 is 0 Å². The summed E-state index contributed by atoms with van der Waals surface area (Å²) in [4.78, 5) is 0. The van der Waals surface area contributed by atoms with Crippen LogP contribution in [-0.4, -0.2) is 69.8 Å². The van der Waals surface area contributed by atoms with E-state index in [-0.39, 0.29) is 0 Å². The lowest BCUT2D eigenvalue weighted by atomic mass is 9.78. The van der Waals surface area contributed by atoms with Gasteiger partial charge in [0.15, 0.2) is 0 Å². The fourth-order valence-corrected chi connectivity index (χ4v) is 3.20. The first-order chi connectivity index (χ1) is 12.1. The van der Waals surface area contributed by atoms with Crippen LogP contribution in [0.25, 0.3) is 0 Å². The molecule has 8 heteroatoms. The van der Waals surface area contributed by atoms with Crippen LogP contribution in [0.2, 0.25) is 0 Å². The van der Waals surface area contributed by atoms with Crippen LogP contribution in [0.3, 0.4) is 0 Å². The number of hydrogen-bond acceptors (Lipinski definition) is 7. The van der Waals surface area contributed by atoms with E-state index >= 15 is 0 Å². The van der Waals surface area contributed by atoms with Crippen LogP contribution < -0.4 is 5.46 Å². The Morgan fingerprint density at radius 1 is 0.885 bits per heavy atom. The van der Waals surface area contributed by atoms with Crippen molar-refractivity contribution in [1.29, 1.82) is 0 Å². The summed E-state index contributed by atoms with van der Waals surface area (Å²) in [5, 5.41) is 39.4. The van der Waals surface area contributed by atoms with Gasteiger partial charge in [0.05, 0.1) is 17.8 Å². The molecule has 2 fully saturated rings. The molecule has 1 aromatic carbocycles. The lowest BCUT2D eigenvalue weighted by Gasteiger charge is -2.40. The topological polar surface area (TPSA) is 109 Å². The zero-order valence-corrected chi connectivity index (χ0v) is 15.5. The lowest BCUT2D eigenvalue weighted by molar-refractivity contribution is -0.231. The minimum Gasteiger partial charge on any atom is -0.399 e. The molecule has 2 aliphatic heterocycles. The van der Waals surface area contributed by atoms with Crippen molar-refractivity contribution in [3.8, 4) is 0 Å². The van der Waals surface area contributed by atoms with Gasteiger partial charge in [0, 0.05) is 0 Å². The van der Waals surface area contributed by atoms with E-state index in [1.54, 1.807) is 12.1 Å². The summed E-state index contributed by atoms with van der Waals surface area (Å²) in [6.07, 6.45) is -5.83. The summed E-state index contributed by atoms with van der Waals surface area (Å²) < 4.78 is 17.6. The quantitative estimate of drug-likeness (QED) is 0.534. The summed E-state index contributed by atoms with van der Waals surface area (Å²) in [5.74, 6) is 0. The Morgan fingerprint density at radius 2 is 1.42 bits per heavy atom. The molecule has 2 aliphatic rings. The number of rotatable bonds is 3. The summed E-state index contributed by atoms with van der Waals surface area (Å²) in [6, 6.07) is 7.15. The molecule has 26 heavy (non-hydrogen) atoms. The molecule has 0 amide bonds. The van der Waals surface area contributed by atoms with Gasteiger partial charge < -0.3 is 34.5 Å². The van der Waals surface area contributed by atoms with Crippen LogP contribution in [0, 0.1) is 0 Å². The number of aliphatic hydroxyl groups is 4. The van der Waals surface area contributed by atoms with E-state index in [1.165, 1.54) is 0 Å². The Kier molecular flexibility index (Phi) is 5.22. The number of ether oxygens (including phenoxy) is 1. The van der Waals surface area contributed by atoms with Gasteiger partial charge in [-0.05, 0) is 38.7 Å². The van der Waals surface area contributed by atoms with E-state index in [2.05, 4.69) is 0 Å². The first-order valence-corrected chi connectivity index (χ1v) is 8.83. The summed E-state index contributed by atoms with van der Waals surface area (Å²) >= 11 is 0. The Bertz CT molecular complexity index is 615.